The van der Waals surface area contributed by atoms with E-state index in [1.165, 1.54) is 7.11 Å². The largest absolute Gasteiger partial charge is 0.488 e. The summed E-state index contributed by atoms with van der Waals surface area (Å²) in [6.07, 6.45) is 2.43. The summed E-state index contributed by atoms with van der Waals surface area (Å²) in [7, 11) is 4.58. The van der Waals surface area contributed by atoms with E-state index in [0.717, 1.165) is 24.2 Å². The fourth-order valence-corrected chi connectivity index (χ4v) is 3.14. The minimum atomic E-state index is -0.944. The first-order chi connectivity index (χ1) is 19.9. The molecule has 0 aliphatic carbocycles. The molecule has 0 unspecified atom stereocenters. The molecule has 0 saturated heterocycles. The molecule has 0 aliphatic heterocycles. The lowest BCUT2D eigenvalue weighted by atomic mass is 9.94. The van der Waals surface area contributed by atoms with Gasteiger partial charge in [-0.25, -0.2) is 4.79 Å². The van der Waals surface area contributed by atoms with Crippen molar-refractivity contribution in [1.82, 2.24) is 0 Å². The van der Waals surface area contributed by atoms with Crippen molar-refractivity contribution < 1.29 is 52.6 Å². The summed E-state index contributed by atoms with van der Waals surface area (Å²) < 4.78 is 35.3. The van der Waals surface area contributed by atoms with E-state index in [1.807, 2.05) is 58.9 Å². The Kier molecular flexibility index (Phi) is 27.0. The Morgan fingerprint density at radius 2 is 1.24 bits per heavy atom. The Morgan fingerprint density at radius 1 is 0.762 bits per heavy atom. The molecular formula is C31H54O11. The third-order valence-electron chi connectivity index (χ3n) is 4.77. The fraction of sp³-hybridized carbons (Fsp3) is 0.710. The first-order valence-electron chi connectivity index (χ1n) is 14.2. The number of ether oxygens (including phenoxy) is 7. The van der Waals surface area contributed by atoms with Gasteiger partial charge in [-0.1, -0.05) is 26.0 Å². The van der Waals surface area contributed by atoms with Crippen LogP contribution in [0.25, 0.3) is 0 Å². The highest BCUT2D eigenvalue weighted by atomic mass is 16.5. The van der Waals surface area contributed by atoms with Crippen LogP contribution in [0, 0.1) is 5.92 Å². The molecule has 11 nitrogen and oxygen atoms in total. The van der Waals surface area contributed by atoms with Gasteiger partial charge in [-0.3, -0.25) is 9.59 Å². The van der Waals surface area contributed by atoms with E-state index in [4.69, 9.17) is 33.5 Å². The monoisotopic (exact) mass is 602 g/mol. The van der Waals surface area contributed by atoms with Gasteiger partial charge in [-0.05, 0) is 57.7 Å². The van der Waals surface area contributed by atoms with Gasteiger partial charge in [0.1, 0.15) is 24.6 Å². The van der Waals surface area contributed by atoms with E-state index in [1.54, 1.807) is 14.2 Å². The predicted octanol–water partition coefficient (Wildman–Crippen LogP) is 4.37. The minimum absolute atomic E-state index is 0.0264. The summed E-state index contributed by atoms with van der Waals surface area (Å²) in [5, 5.41) is 8.15. The van der Waals surface area contributed by atoms with Gasteiger partial charge in [0, 0.05) is 33.9 Å². The third kappa shape index (κ3) is 27.6. The lowest BCUT2D eigenvalue weighted by molar-refractivity contribution is -0.147. The Labute approximate surface area is 252 Å². The number of carboxylic acid groups (broad SMARTS) is 1. The van der Waals surface area contributed by atoms with Crippen molar-refractivity contribution in [3.8, 4) is 5.75 Å². The van der Waals surface area contributed by atoms with Gasteiger partial charge in [0.05, 0.1) is 39.5 Å². The standard InChI is InChI=1S/C22H34O6.C7H14O4.C2H6O/c1-6-11-26-12-13-27-16-19(23)15-18(21(24)25-5)14-17-7-9-20(10-8-17)28-22(2,3)4;1-2-3-10-4-5-11-6-7(8)9;1-3-2/h7-10,18H,6,11-16H2,1-5H3;2-6H2,1H3,(H,8,9);1-2H3/t18-;;/m1../s1. The summed E-state index contributed by atoms with van der Waals surface area (Å²) in [6.45, 7) is 12.8. The van der Waals surface area contributed by atoms with Crippen molar-refractivity contribution in [3.63, 3.8) is 0 Å². The van der Waals surface area contributed by atoms with Gasteiger partial charge in [0.25, 0.3) is 0 Å². The highest BCUT2D eigenvalue weighted by molar-refractivity contribution is 5.85. The van der Waals surface area contributed by atoms with Crippen molar-refractivity contribution >= 4 is 17.7 Å². The van der Waals surface area contributed by atoms with Crippen LogP contribution in [0.15, 0.2) is 24.3 Å². The van der Waals surface area contributed by atoms with E-state index in [-0.39, 0.29) is 31.0 Å². The average Bonchev–Trinajstić information content (AvgIpc) is 2.92. The zero-order valence-electron chi connectivity index (χ0n) is 26.9. The van der Waals surface area contributed by atoms with Crippen molar-refractivity contribution in [3.05, 3.63) is 29.8 Å². The Hall–Kier alpha value is -2.57. The van der Waals surface area contributed by atoms with Gasteiger partial charge in [-0.15, -0.1) is 0 Å². The molecule has 1 atom stereocenters. The average molecular weight is 603 g/mol. The molecule has 244 valence electrons. The molecule has 0 spiro atoms. The number of hydrogen-bond donors (Lipinski definition) is 1. The number of carbonyl (C=O) groups is 3. The third-order valence-corrected chi connectivity index (χ3v) is 4.77. The maximum atomic E-state index is 12.2. The predicted molar refractivity (Wildman–Crippen MR) is 160 cm³/mol. The molecule has 1 N–H and O–H groups in total. The van der Waals surface area contributed by atoms with Gasteiger partial charge in [0.2, 0.25) is 0 Å². The molecular weight excluding hydrogens is 548 g/mol. The maximum Gasteiger partial charge on any atom is 0.329 e. The van der Waals surface area contributed by atoms with Crippen LogP contribution >= 0.6 is 0 Å². The number of hydrogen-bond acceptors (Lipinski definition) is 10. The van der Waals surface area contributed by atoms with Crippen LogP contribution in [-0.4, -0.2) is 103 Å². The van der Waals surface area contributed by atoms with Crippen molar-refractivity contribution in [2.24, 2.45) is 5.92 Å². The van der Waals surface area contributed by atoms with Crippen molar-refractivity contribution in [1.29, 1.82) is 0 Å². The van der Waals surface area contributed by atoms with Crippen LogP contribution < -0.4 is 4.74 Å². The molecule has 0 aliphatic rings. The SMILES string of the molecule is CCCOCCOCC(=O)C[C@@H](Cc1ccc(OC(C)(C)C)cc1)C(=O)OC.CCCOCCOCC(=O)O.COC. The molecule has 0 amide bonds. The van der Waals surface area contributed by atoms with Crippen molar-refractivity contribution in [2.75, 3.05) is 74.2 Å². The second kappa shape index (κ2) is 27.3. The summed E-state index contributed by atoms with van der Waals surface area (Å²) in [4.78, 5) is 34.2. The van der Waals surface area contributed by atoms with E-state index < -0.39 is 17.9 Å². The highest BCUT2D eigenvalue weighted by Crippen LogP contribution is 2.21. The van der Waals surface area contributed by atoms with Crippen LogP contribution in [0.3, 0.4) is 0 Å². The second-order valence-corrected chi connectivity index (χ2v) is 10.2. The molecule has 0 fully saturated rings. The van der Waals surface area contributed by atoms with Crippen LogP contribution in [0.4, 0.5) is 0 Å². The molecule has 0 heterocycles. The molecule has 42 heavy (non-hydrogen) atoms. The first kappa shape index (κ1) is 41.6. The van der Waals surface area contributed by atoms with Gasteiger partial charge in [-0.2, -0.15) is 0 Å². The van der Waals surface area contributed by atoms with Crippen LogP contribution in [-0.2, 0) is 49.2 Å². The summed E-state index contributed by atoms with van der Waals surface area (Å²) in [6, 6.07) is 7.55. The zero-order chi connectivity index (χ0) is 32.2. The second-order valence-electron chi connectivity index (χ2n) is 10.2. The number of methoxy groups -OCH3 is 2. The number of benzene rings is 1. The normalized spacial score (nSPS) is 11.3. The number of carboxylic acids is 1. The molecule has 1 rings (SSSR count). The molecule has 0 radical (unpaired) electrons. The summed E-state index contributed by atoms with van der Waals surface area (Å²) in [5.41, 5.74) is 0.669. The quantitative estimate of drug-likeness (QED) is 0.168. The van der Waals surface area contributed by atoms with Gasteiger partial charge in [0.15, 0.2) is 5.78 Å². The van der Waals surface area contributed by atoms with E-state index in [0.29, 0.717) is 46.1 Å². The number of carbonyl (C=O) groups excluding carboxylic acids is 2. The van der Waals surface area contributed by atoms with Gasteiger partial charge >= 0.3 is 11.9 Å². The molecule has 0 saturated carbocycles. The number of ketones is 1. The molecule has 1 aromatic rings. The summed E-state index contributed by atoms with van der Waals surface area (Å²) >= 11 is 0. The Morgan fingerprint density at radius 3 is 1.67 bits per heavy atom. The smallest absolute Gasteiger partial charge is 0.329 e. The minimum Gasteiger partial charge on any atom is -0.488 e. The maximum absolute atomic E-state index is 12.2. The number of aliphatic carboxylic acids is 1. The van der Waals surface area contributed by atoms with E-state index >= 15 is 0 Å². The van der Waals surface area contributed by atoms with Crippen LogP contribution in [0.1, 0.15) is 59.4 Å². The highest BCUT2D eigenvalue weighted by Gasteiger charge is 2.23. The Balaban J connectivity index is 0. The lowest BCUT2D eigenvalue weighted by Crippen LogP contribution is -2.24. The van der Waals surface area contributed by atoms with Crippen LogP contribution in [0.5, 0.6) is 5.75 Å². The zero-order valence-corrected chi connectivity index (χ0v) is 26.9. The molecule has 0 bridgehead atoms. The first-order valence-corrected chi connectivity index (χ1v) is 14.2. The summed E-state index contributed by atoms with van der Waals surface area (Å²) in [5.74, 6) is -1.24. The lowest BCUT2D eigenvalue weighted by Gasteiger charge is -2.21. The topological polar surface area (TPSA) is 136 Å². The number of Topliss-reactive ketones (excluding diaryl/α,β-unsaturated/α-hetero) is 1. The molecule has 0 aromatic heterocycles. The van der Waals surface area contributed by atoms with E-state index in [2.05, 4.69) is 4.74 Å². The van der Waals surface area contributed by atoms with Crippen molar-refractivity contribution in [2.45, 2.75) is 65.9 Å². The van der Waals surface area contributed by atoms with Crippen LogP contribution in [0.2, 0.25) is 0 Å². The number of esters is 1. The Bertz CT molecular complexity index is 804. The molecule has 1 aromatic carbocycles. The molecule has 11 heteroatoms. The van der Waals surface area contributed by atoms with Gasteiger partial charge < -0.3 is 38.3 Å². The fourth-order valence-electron chi connectivity index (χ4n) is 3.14. The van der Waals surface area contributed by atoms with E-state index in [9.17, 15) is 14.4 Å². The number of rotatable bonds is 20.